The van der Waals surface area contributed by atoms with Gasteiger partial charge in [0.15, 0.2) is 0 Å². The van der Waals surface area contributed by atoms with E-state index in [0.717, 1.165) is 36.9 Å². The quantitative estimate of drug-likeness (QED) is 0.683. The highest BCUT2D eigenvalue weighted by atomic mass is 35.5. The van der Waals surface area contributed by atoms with Gasteiger partial charge in [0.1, 0.15) is 12.4 Å². The van der Waals surface area contributed by atoms with Crippen molar-refractivity contribution in [2.24, 2.45) is 0 Å². The molecule has 3 aromatic rings. The van der Waals surface area contributed by atoms with Crippen molar-refractivity contribution in [3.8, 4) is 0 Å². The maximum Gasteiger partial charge on any atom is 0.267 e. The summed E-state index contributed by atoms with van der Waals surface area (Å²) in [4.78, 5) is 28.9. The molecule has 0 bridgehead atoms. The lowest BCUT2D eigenvalue weighted by molar-refractivity contribution is -0.117. The molecule has 154 valence electrons. The van der Waals surface area contributed by atoms with E-state index in [1.807, 2.05) is 42.5 Å². The van der Waals surface area contributed by atoms with Gasteiger partial charge in [0.05, 0.1) is 0 Å². The number of hydrogen-bond donors (Lipinski definition) is 1. The monoisotopic (exact) mass is 423 g/mol. The molecule has 1 N–H and O–H groups in total. The number of hydrogen-bond acceptors (Lipinski definition) is 5. The lowest BCUT2D eigenvalue weighted by atomic mass is 10.2. The number of carbonyl (C=O) groups is 1. The molecule has 1 saturated heterocycles. The third-order valence-corrected chi connectivity index (χ3v) is 5.22. The van der Waals surface area contributed by atoms with E-state index >= 15 is 0 Å². The minimum absolute atomic E-state index is 0.135. The number of aromatic nitrogens is 2. The average Bonchev–Trinajstić information content (AvgIpc) is 2.76. The Labute approximate surface area is 179 Å². The van der Waals surface area contributed by atoms with Crippen molar-refractivity contribution in [2.45, 2.75) is 6.54 Å². The number of nitrogens with one attached hydrogen (secondary N) is 1. The van der Waals surface area contributed by atoms with Crippen LogP contribution in [0.5, 0.6) is 0 Å². The summed E-state index contributed by atoms with van der Waals surface area (Å²) in [5.74, 6) is 0.395. The van der Waals surface area contributed by atoms with E-state index in [0.29, 0.717) is 11.5 Å². The molecular weight excluding hydrogens is 402 g/mol. The van der Waals surface area contributed by atoms with Gasteiger partial charge in [-0.25, -0.2) is 4.68 Å². The van der Waals surface area contributed by atoms with E-state index in [2.05, 4.69) is 20.2 Å². The van der Waals surface area contributed by atoms with Crippen LogP contribution in [0.1, 0.15) is 0 Å². The second-order valence-corrected chi connectivity index (χ2v) is 7.49. The molecule has 0 radical (unpaired) electrons. The van der Waals surface area contributed by atoms with Crippen LogP contribution in [-0.2, 0) is 11.3 Å². The van der Waals surface area contributed by atoms with E-state index in [1.54, 1.807) is 18.2 Å². The topological polar surface area (TPSA) is 70.5 Å². The van der Waals surface area contributed by atoms with Gasteiger partial charge in [0, 0.05) is 48.6 Å². The lowest BCUT2D eigenvalue weighted by Crippen LogP contribution is -2.47. The van der Waals surface area contributed by atoms with Gasteiger partial charge in [-0.2, -0.15) is 5.10 Å². The van der Waals surface area contributed by atoms with Crippen molar-refractivity contribution in [3.05, 3.63) is 82.1 Å². The number of carbonyl (C=O) groups excluding carboxylic acids is 1. The molecule has 4 rings (SSSR count). The highest BCUT2D eigenvalue weighted by Crippen LogP contribution is 2.22. The molecular formula is C22H22ClN5O2. The second kappa shape index (κ2) is 9.00. The largest absolute Gasteiger partial charge is 0.368 e. The molecule has 8 heteroatoms. The Balaban J connectivity index is 1.41. The summed E-state index contributed by atoms with van der Waals surface area (Å²) in [6.45, 7) is 3.01. The summed E-state index contributed by atoms with van der Waals surface area (Å²) in [5.41, 5.74) is 1.47. The number of nitrogens with zero attached hydrogens (tertiary/aromatic N) is 4. The molecule has 1 aromatic heterocycles. The van der Waals surface area contributed by atoms with E-state index in [4.69, 9.17) is 11.6 Å². The molecule has 1 aliphatic heterocycles. The summed E-state index contributed by atoms with van der Waals surface area (Å²) < 4.78 is 1.21. The third-order valence-electron chi connectivity index (χ3n) is 4.98. The smallest absolute Gasteiger partial charge is 0.267 e. The van der Waals surface area contributed by atoms with E-state index in [-0.39, 0.29) is 18.0 Å². The molecule has 0 aliphatic carbocycles. The zero-order chi connectivity index (χ0) is 20.9. The number of benzene rings is 2. The molecule has 1 fully saturated rings. The molecule has 2 aromatic carbocycles. The fourth-order valence-electron chi connectivity index (χ4n) is 3.44. The Bertz CT molecular complexity index is 1080. The summed E-state index contributed by atoms with van der Waals surface area (Å²) in [6, 6.07) is 20.1. The number of rotatable bonds is 5. The van der Waals surface area contributed by atoms with Crippen LogP contribution in [-0.4, -0.2) is 41.9 Å². The van der Waals surface area contributed by atoms with Crippen LogP contribution in [0.25, 0.3) is 0 Å². The summed E-state index contributed by atoms with van der Waals surface area (Å²) in [6.07, 6.45) is 0. The first-order valence-corrected chi connectivity index (χ1v) is 10.1. The van der Waals surface area contributed by atoms with Crippen molar-refractivity contribution < 1.29 is 4.79 Å². The minimum atomic E-state index is -0.306. The number of halogens is 1. The van der Waals surface area contributed by atoms with Gasteiger partial charge in [-0.1, -0.05) is 35.9 Å². The van der Waals surface area contributed by atoms with Crippen LogP contribution >= 0.6 is 11.6 Å². The zero-order valence-electron chi connectivity index (χ0n) is 16.4. The van der Waals surface area contributed by atoms with Gasteiger partial charge in [0.25, 0.3) is 5.56 Å². The summed E-state index contributed by atoms with van der Waals surface area (Å²) in [5, 5.41) is 7.91. The molecule has 1 amide bonds. The highest BCUT2D eigenvalue weighted by molar-refractivity contribution is 6.30. The van der Waals surface area contributed by atoms with Crippen molar-refractivity contribution in [1.82, 2.24) is 9.78 Å². The van der Waals surface area contributed by atoms with E-state index in [1.165, 1.54) is 10.7 Å². The number of piperazine rings is 1. The van der Waals surface area contributed by atoms with Gasteiger partial charge in [-0.05, 0) is 36.4 Å². The molecule has 7 nitrogen and oxygen atoms in total. The Kier molecular flexibility index (Phi) is 5.99. The third kappa shape index (κ3) is 4.80. The first-order chi connectivity index (χ1) is 14.6. The SMILES string of the molecule is O=C(Cn1nc(N2CCN(c3cccc(Cl)c3)CC2)ccc1=O)Nc1ccccc1. The summed E-state index contributed by atoms with van der Waals surface area (Å²) in [7, 11) is 0. The Morgan fingerprint density at radius 3 is 2.40 bits per heavy atom. The molecule has 0 unspecified atom stereocenters. The molecule has 30 heavy (non-hydrogen) atoms. The molecule has 1 aliphatic rings. The predicted molar refractivity (Wildman–Crippen MR) is 119 cm³/mol. The van der Waals surface area contributed by atoms with Crippen molar-refractivity contribution in [2.75, 3.05) is 41.3 Å². The second-order valence-electron chi connectivity index (χ2n) is 7.06. The molecule has 0 saturated carbocycles. The fraction of sp³-hybridized carbons (Fsp3) is 0.227. The molecule has 0 atom stereocenters. The van der Waals surface area contributed by atoms with Gasteiger partial charge >= 0.3 is 0 Å². The first-order valence-electron chi connectivity index (χ1n) is 9.77. The highest BCUT2D eigenvalue weighted by Gasteiger charge is 2.19. The molecule has 2 heterocycles. The first kappa shape index (κ1) is 20.0. The van der Waals surface area contributed by atoms with Gasteiger partial charge in [-0.3, -0.25) is 9.59 Å². The number of amides is 1. The Morgan fingerprint density at radius 2 is 1.67 bits per heavy atom. The average molecular weight is 424 g/mol. The normalized spacial score (nSPS) is 13.9. The predicted octanol–water partition coefficient (Wildman–Crippen LogP) is 2.86. The van der Waals surface area contributed by atoms with Crippen LogP contribution in [0.2, 0.25) is 5.02 Å². The van der Waals surface area contributed by atoms with Crippen molar-refractivity contribution in [3.63, 3.8) is 0 Å². The zero-order valence-corrected chi connectivity index (χ0v) is 17.1. The van der Waals surface area contributed by atoms with Gasteiger partial charge in [-0.15, -0.1) is 0 Å². The maximum atomic E-state index is 12.3. The van der Waals surface area contributed by atoms with Crippen LogP contribution in [0.15, 0.2) is 71.5 Å². The van der Waals surface area contributed by atoms with Crippen LogP contribution in [0.3, 0.4) is 0 Å². The standard InChI is InChI=1S/C22H22ClN5O2/c23-17-5-4-8-19(15-17)26-11-13-27(14-12-26)20-9-10-22(30)28(25-20)16-21(29)24-18-6-2-1-3-7-18/h1-10,15H,11-14,16H2,(H,24,29). The van der Waals surface area contributed by atoms with Crippen LogP contribution in [0, 0.1) is 0 Å². The fourth-order valence-corrected chi connectivity index (χ4v) is 3.63. The van der Waals surface area contributed by atoms with Crippen LogP contribution in [0.4, 0.5) is 17.2 Å². The van der Waals surface area contributed by atoms with Crippen molar-refractivity contribution >= 4 is 34.7 Å². The van der Waals surface area contributed by atoms with Crippen molar-refractivity contribution in [1.29, 1.82) is 0 Å². The summed E-state index contributed by atoms with van der Waals surface area (Å²) >= 11 is 6.10. The van der Waals surface area contributed by atoms with Gasteiger partial charge < -0.3 is 15.1 Å². The Morgan fingerprint density at radius 1 is 0.933 bits per heavy atom. The maximum absolute atomic E-state index is 12.3. The molecule has 0 spiro atoms. The minimum Gasteiger partial charge on any atom is -0.368 e. The lowest BCUT2D eigenvalue weighted by Gasteiger charge is -2.36. The Hall–Kier alpha value is -3.32. The van der Waals surface area contributed by atoms with Gasteiger partial charge in [0.2, 0.25) is 5.91 Å². The van der Waals surface area contributed by atoms with Crippen LogP contribution < -0.4 is 20.7 Å². The number of anilines is 3. The van der Waals surface area contributed by atoms with E-state index < -0.39 is 0 Å². The van der Waals surface area contributed by atoms with E-state index in [9.17, 15) is 9.59 Å². The number of para-hydroxylation sites is 1.